The molecule has 1 aromatic rings. The largest absolute Gasteiger partial charge is 0.201 e. The van der Waals surface area contributed by atoms with Gasteiger partial charge < -0.3 is 0 Å². The molecule has 1 nitrogen and oxygen atoms in total. The molecule has 0 saturated heterocycles. The number of nitrogens with zero attached hydrogens (tertiary/aromatic N) is 1. The van der Waals surface area contributed by atoms with Gasteiger partial charge in [0.1, 0.15) is 0 Å². The second kappa shape index (κ2) is 5.55. The lowest BCUT2D eigenvalue weighted by Gasteiger charge is -2.09. The predicted molar refractivity (Wildman–Crippen MR) is 54.9 cm³/mol. The molecular formula is C9H14ClNS. The molecule has 0 fully saturated rings. The number of alkyl halides is 1. The van der Waals surface area contributed by atoms with Crippen LogP contribution in [0, 0.1) is 5.92 Å². The molecule has 0 saturated carbocycles. The van der Waals surface area contributed by atoms with E-state index in [9.17, 15) is 0 Å². The first-order valence-corrected chi connectivity index (χ1v) is 5.63. The van der Waals surface area contributed by atoms with Crippen LogP contribution in [-0.2, 0) is 6.42 Å². The van der Waals surface area contributed by atoms with Crippen LogP contribution >= 0.6 is 23.1 Å². The molecule has 0 bridgehead atoms. The summed E-state index contributed by atoms with van der Waals surface area (Å²) in [6, 6.07) is 2.08. The van der Waals surface area contributed by atoms with E-state index in [1.54, 1.807) is 11.5 Å². The molecule has 3 heteroatoms. The highest BCUT2D eigenvalue weighted by Gasteiger charge is 2.07. The molecule has 1 aromatic heterocycles. The van der Waals surface area contributed by atoms with E-state index < -0.39 is 0 Å². The van der Waals surface area contributed by atoms with Gasteiger partial charge in [-0.1, -0.05) is 13.3 Å². The minimum absolute atomic E-state index is 0.636. The number of hydrogen-bond donors (Lipinski definition) is 0. The maximum Gasteiger partial charge on any atom is 0.0409 e. The van der Waals surface area contributed by atoms with Crippen molar-refractivity contribution in [2.24, 2.45) is 5.92 Å². The highest BCUT2D eigenvalue weighted by Crippen LogP contribution is 2.17. The molecule has 0 aliphatic carbocycles. The third-order valence-corrected chi connectivity index (χ3v) is 3.10. The Bertz CT molecular complexity index is 198. The number of aromatic nitrogens is 1. The molecule has 68 valence electrons. The van der Waals surface area contributed by atoms with Crippen molar-refractivity contribution in [2.45, 2.75) is 26.2 Å². The van der Waals surface area contributed by atoms with Gasteiger partial charge >= 0.3 is 0 Å². The Kier molecular flexibility index (Phi) is 4.62. The van der Waals surface area contributed by atoms with E-state index >= 15 is 0 Å². The fraction of sp³-hybridized carbons (Fsp3) is 0.667. The van der Waals surface area contributed by atoms with E-state index in [0.717, 1.165) is 12.3 Å². The van der Waals surface area contributed by atoms with Gasteiger partial charge in [0.25, 0.3) is 0 Å². The van der Waals surface area contributed by atoms with Gasteiger partial charge in [0.15, 0.2) is 0 Å². The van der Waals surface area contributed by atoms with Gasteiger partial charge in [-0.25, -0.2) is 4.37 Å². The molecule has 1 rings (SSSR count). The Morgan fingerprint density at radius 1 is 1.67 bits per heavy atom. The van der Waals surface area contributed by atoms with Crippen molar-refractivity contribution >= 4 is 23.1 Å². The average Bonchev–Trinajstić information content (AvgIpc) is 2.56. The zero-order chi connectivity index (χ0) is 8.81. The van der Waals surface area contributed by atoms with Crippen molar-refractivity contribution in [2.75, 3.05) is 5.88 Å². The number of hydrogen-bond acceptors (Lipinski definition) is 2. The van der Waals surface area contributed by atoms with E-state index in [2.05, 4.69) is 17.4 Å². The minimum atomic E-state index is 0.636. The molecular weight excluding hydrogens is 190 g/mol. The summed E-state index contributed by atoms with van der Waals surface area (Å²) in [5, 5.41) is 0. The van der Waals surface area contributed by atoms with Crippen LogP contribution in [-0.4, -0.2) is 10.3 Å². The Labute approximate surface area is 82.9 Å². The second-order valence-corrected chi connectivity index (χ2v) is 4.22. The predicted octanol–water partition coefficient (Wildman–Crippen LogP) is 3.34. The fourth-order valence-corrected chi connectivity index (χ4v) is 2.23. The lowest BCUT2D eigenvalue weighted by atomic mass is 10.0. The van der Waals surface area contributed by atoms with Gasteiger partial charge in [-0.3, -0.25) is 0 Å². The van der Waals surface area contributed by atoms with Crippen molar-refractivity contribution < 1.29 is 0 Å². The Balaban J connectivity index is 2.37. The van der Waals surface area contributed by atoms with Crippen LogP contribution in [0.5, 0.6) is 0 Å². The van der Waals surface area contributed by atoms with Gasteiger partial charge in [-0.05, 0) is 36.4 Å². The van der Waals surface area contributed by atoms with E-state index in [4.69, 9.17) is 11.6 Å². The normalized spacial score (nSPS) is 13.2. The second-order valence-electron chi connectivity index (χ2n) is 2.99. The van der Waals surface area contributed by atoms with Crippen molar-refractivity contribution in [1.82, 2.24) is 4.37 Å². The highest BCUT2D eigenvalue weighted by atomic mass is 35.5. The standard InChI is InChI=1S/C9H14ClNS/c1-2-3-8(7-10)6-9-4-5-11-12-9/h4-5,8H,2-3,6-7H2,1H3. The summed E-state index contributed by atoms with van der Waals surface area (Å²) >= 11 is 7.43. The fourth-order valence-electron chi connectivity index (χ4n) is 1.27. The molecule has 0 aliphatic heterocycles. The summed E-state index contributed by atoms with van der Waals surface area (Å²) in [7, 11) is 0. The smallest absolute Gasteiger partial charge is 0.0409 e. The monoisotopic (exact) mass is 203 g/mol. The topological polar surface area (TPSA) is 12.9 Å². The van der Waals surface area contributed by atoms with Gasteiger partial charge in [0.2, 0.25) is 0 Å². The Morgan fingerprint density at radius 3 is 3.00 bits per heavy atom. The maximum absolute atomic E-state index is 5.85. The summed E-state index contributed by atoms with van der Waals surface area (Å²) in [6.45, 7) is 2.20. The molecule has 12 heavy (non-hydrogen) atoms. The van der Waals surface area contributed by atoms with E-state index in [-0.39, 0.29) is 0 Å². The lowest BCUT2D eigenvalue weighted by Crippen LogP contribution is -2.04. The highest BCUT2D eigenvalue weighted by molar-refractivity contribution is 7.05. The molecule has 1 atom stereocenters. The SMILES string of the molecule is CCCC(CCl)Cc1ccns1. The lowest BCUT2D eigenvalue weighted by molar-refractivity contribution is 0.532. The van der Waals surface area contributed by atoms with Crippen LogP contribution in [0.15, 0.2) is 12.3 Å². The van der Waals surface area contributed by atoms with Gasteiger partial charge in [-0.15, -0.1) is 11.6 Å². The molecule has 0 amide bonds. The van der Waals surface area contributed by atoms with Gasteiger partial charge in [0.05, 0.1) is 0 Å². The zero-order valence-electron chi connectivity index (χ0n) is 7.29. The van der Waals surface area contributed by atoms with Gasteiger partial charge in [0, 0.05) is 17.0 Å². The third-order valence-electron chi connectivity index (χ3n) is 1.90. The molecule has 1 heterocycles. The minimum Gasteiger partial charge on any atom is -0.201 e. The molecule has 0 radical (unpaired) electrons. The van der Waals surface area contributed by atoms with Crippen LogP contribution in [0.25, 0.3) is 0 Å². The summed E-state index contributed by atoms with van der Waals surface area (Å²) in [5.41, 5.74) is 0. The summed E-state index contributed by atoms with van der Waals surface area (Å²) in [5.74, 6) is 1.41. The molecule has 0 N–H and O–H groups in total. The molecule has 0 aromatic carbocycles. The number of halogens is 1. The van der Waals surface area contributed by atoms with Crippen molar-refractivity contribution in [1.29, 1.82) is 0 Å². The van der Waals surface area contributed by atoms with E-state index in [1.165, 1.54) is 17.7 Å². The van der Waals surface area contributed by atoms with Crippen LogP contribution in [0.3, 0.4) is 0 Å². The van der Waals surface area contributed by atoms with Crippen molar-refractivity contribution in [3.8, 4) is 0 Å². The van der Waals surface area contributed by atoms with Crippen LogP contribution in [0.1, 0.15) is 24.6 Å². The van der Waals surface area contributed by atoms with E-state index in [1.807, 2.05) is 6.20 Å². The summed E-state index contributed by atoms with van der Waals surface area (Å²) < 4.78 is 4.07. The van der Waals surface area contributed by atoms with Crippen LogP contribution < -0.4 is 0 Å². The molecule has 0 spiro atoms. The Hall–Kier alpha value is -0.0800. The van der Waals surface area contributed by atoms with Crippen LogP contribution in [0.2, 0.25) is 0 Å². The summed E-state index contributed by atoms with van der Waals surface area (Å²) in [6.07, 6.45) is 5.40. The Morgan fingerprint density at radius 2 is 2.50 bits per heavy atom. The molecule has 1 unspecified atom stereocenters. The van der Waals surface area contributed by atoms with Crippen molar-refractivity contribution in [3.63, 3.8) is 0 Å². The maximum atomic E-state index is 5.85. The van der Waals surface area contributed by atoms with Gasteiger partial charge in [-0.2, -0.15) is 0 Å². The van der Waals surface area contributed by atoms with E-state index in [0.29, 0.717) is 5.92 Å². The first-order chi connectivity index (χ1) is 5.86. The van der Waals surface area contributed by atoms with Crippen molar-refractivity contribution in [3.05, 3.63) is 17.1 Å². The quantitative estimate of drug-likeness (QED) is 0.669. The third kappa shape index (κ3) is 3.11. The zero-order valence-corrected chi connectivity index (χ0v) is 8.87. The number of rotatable bonds is 5. The first-order valence-electron chi connectivity index (χ1n) is 4.32. The first kappa shape index (κ1) is 10.0. The van der Waals surface area contributed by atoms with Crippen LogP contribution in [0.4, 0.5) is 0 Å². The average molecular weight is 204 g/mol. The molecule has 0 aliphatic rings. The summed E-state index contributed by atoms with van der Waals surface area (Å²) in [4.78, 5) is 1.36.